The van der Waals surface area contributed by atoms with Crippen molar-refractivity contribution in [3.8, 4) is 0 Å². The van der Waals surface area contributed by atoms with E-state index in [4.69, 9.17) is 0 Å². The minimum atomic E-state index is -0.328. The summed E-state index contributed by atoms with van der Waals surface area (Å²) in [6, 6.07) is 8.94. The zero-order valence-electron chi connectivity index (χ0n) is 10.3. The minimum absolute atomic E-state index is 0.0653. The third-order valence-electron chi connectivity index (χ3n) is 2.92. The summed E-state index contributed by atoms with van der Waals surface area (Å²) in [5.74, 6) is 0. The summed E-state index contributed by atoms with van der Waals surface area (Å²) in [7, 11) is 1.87. The van der Waals surface area contributed by atoms with Crippen LogP contribution in [0.25, 0.3) is 0 Å². The standard InChI is InChI=1S/C13H13BrN2O2S/c1-15-11(13-10(14)6-7-19-13)8-9-4-2-3-5-12(9)16(17)18/h2-7,11,15H,8H2,1H3. The summed E-state index contributed by atoms with van der Waals surface area (Å²) in [5, 5.41) is 16.2. The fraction of sp³-hybridized carbons (Fsp3) is 0.231. The van der Waals surface area contributed by atoms with Crippen LogP contribution in [0.3, 0.4) is 0 Å². The number of nitro benzene ring substituents is 1. The van der Waals surface area contributed by atoms with E-state index in [2.05, 4.69) is 21.2 Å². The zero-order chi connectivity index (χ0) is 13.8. The number of thiophene rings is 1. The Bertz CT molecular complexity index is 586. The van der Waals surface area contributed by atoms with Crippen molar-refractivity contribution in [1.29, 1.82) is 0 Å². The van der Waals surface area contributed by atoms with E-state index in [0.717, 1.165) is 14.9 Å². The van der Waals surface area contributed by atoms with Crippen LogP contribution in [0.1, 0.15) is 16.5 Å². The largest absolute Gasteiger partial charge is 0.312 e. The van der Waals surface area contributed by atoms with Crippen molar-refractivity contribution in [2.24, 2.45) is 0 Å². The summed E-state index contributed by atoms with van der Waals surface area (Å²) >= 11 is 5.14. The number of halogens is 1. The van der Waals surface area contributed by atoms with Crippen LogP contribution in [0.4, 0.5) is 5.69 Å². The Morgan fingerprint density at radius 3 is 2.74 bits per heavy atom. The number of para-hydroxylation sites is 1. The maximum absolute atomic E-state index is 11.0. The third-order valence-corrected chi connectivity index (χ3v) is 4.91. The number of hydrogen-bond acceptors (Lipinski definition) is 4. The number of rotatable bonds is 5. The Balaban J connectivity index is 2.29. The fourth-order valence-corrected chi connectivity index (χ4v) is 3.72. The minimum Gasteiger partial charge on any atom is -0.312 e. The molecule has 0 radical (unpaired) electrons. The monoisotopic (exact) mass is 340 g/mol. The lowest BCUT2D eigenvalue weighted by molar-refractivity contribution is -0.385. The third kappa shape index (κ3) is 3.20. The van der Waals surface area contributed by atoms with Crippen molar-refractivity contribution in [2.75, 3.05) is 7.05 Å². The highest BCUT2D eigenvalue weighted by atomic mass is 79.9. The smallest absolute Gasteiger partial charge is 0.272 e. The van der Waals surface area contributed by atoms with Crippen LogP contribution in [0.2, 0.25) is 0 Å². The van der Waals surface area contributed by atoms with Crippen molar-refractivity contribution in [2.45, 2.75) is 12.5 Å². The van der Waals surface area contributed by atoms with Crippen molar-refractivity contribution in [3.05, 3.63) is 60.7 Å². The van der Waals surface area contributed by atoms with Crippen LogP contribution in [0.5, 0.6) is 0 Å². The molecule has 0 bridgehead atoms. The van der Waals surface area contributed by atoms with Gasteiger partial charge in [-0.1, -0.05) is 18.2 Å². The number of nitro groups is 1. The molecule has 0 saturated carbocycles. The summed E-state index contributed by atoms with van der Waals surface area (Å²) in [6.45, 7) is 0. The second kappa shape index (κ2) is 6.27. The number of benzene rings is 1. The Hall–Kier alpha value is -1.24. The molecule has 0 aliphatic heterocycles. The molecule has 0 aliphatic carbocycles. The molecule has 0 saturated heterocycles. The lowest BCUT2D eigenvalue weighted by atomic mass is 10.0. The van der Waals surface area contributed by atoms with Gasteiger partial charge in [0, 0.05) is 27.0 Å². The molecule has 1 aromatic heterocycles. The molecule has 2 aromatic rings. The number of nitrogens with zero attached hydrogens (tertiary/aromatic N) is 1. The first-order valence-electron chi connectivity index (χ1n) is 5.76. The topological polar surface area (TPSA) is 55.2 Å². The van der Waals surface area contributed by atoms with Gasteiger partial charge in [0.15, 0.2) is 0 Å². The van der Waals surface area contributed by atoms with Gasteiger partial charge in [0.25, 0.3) is 5.69 Å². The maximum atomic E-state index is 11.0. The van der Waals surface area contributed by atoms with E-state index in [-0.39, 0.29) is 16.7 Å². The zero-order valence-corrected chi connectivity index (χ0v) is 12.7. The molecule has 1 aromatic carbocycles. The van der Waals surface area contributed by atoms with E-state index in [1.54, 1.807) is 23.5 Å². The van der Waals surface area contributed by atoms with Crippen molar-refractivity contribution in [3.63, 3.8) is 0 Å². The van der Waals surface area contributed by atoms with E-state index >= 15 is 0 Å². The van der Waals surface area contributed by atoms with Crippen LogP contribution in [-0.2, 0) is 6.42 Å². The molecule has 0 spiro atoms. The van der Waals surface area contributed by atoms with Gasteiger partial charge < -0.3 is 5.32 Å². The molecule has 19 heavy (non-hydrogen) atoms. The first-order valence-corrected chi connectivity index (χ1v) is 7.43. The molecule has 0 amide bonds. The van der Waals surface area contributed by atoms with E-state index in [9.17, 15) is 10.1 Å². The highest BCUT2D eigenvalue weighted by Gasteiger charge is 2.20. The van der Waals surface area contributed by atoms with E-state index in [1.807, 2.05) is 30.6 Å². The van der Waals surface area contributed by atoms with E-state index in [1.165, 1.54) is 0 Å². The molecule has 1 heterocycles. The van der Waals surface area contributed by atoms with Crippen molar-refractivity contribution < 1.29 is 4.92 Å². The number of nitrogens with one attached hydrogen (secondary N) is 1. The molecule has 4 nitrogen and oxygen atoms in total. The maximum Gasteiger partial charge on any atom is 0.272 e. The second-order valence-electron chi connectivity index (χ2n) is 4.06. The van der Waals surface area contributed by atoms with Gasteiger partial charge in [0.05, 0.1) is 4.92 Å². The Morgan fingerprint density at radius 1 is 1.42 bits per heavy atom. The predicted octanol–water partition coefficient (Wildman–Crippen LogP) is 3.92. The second-order valence-corrected chi connectivity index (χ2v) is 5.87. The fourth-order valence-electron chi connectivity index (χ4n) is 1.96. The van der Waals surface area contributed by atoms with Gasteiger partial charge in [0.1, 0.15) is 0 Å². The van der Waals surface area contributed by atoms with Gasteiger partial charge in [-0.3, -0.25) is 10.1 Å². The average molecular weight is 341 g/mol. The predicted molar refractivity (Wildman–Crippen MR) is 80.6 cm³/mol. The molecule has 1 unspecified atom stereocenters. The van der Waals surface area contributed by atoms with Gasteiger partial charge in [-0.05, 0) is 40.8 Å². The van der Waals surface area contributed by atoms with E-state index in [0.29, 0.717) is 6.42 Å². The molecule has 100 valence electrons. The van der Waals surface area contributed by atoms with Crippen molar-refractivity contribution in [1.82, 2.24) is 5.32 Å². The van der Waals surface area contributed by atoms with Crippen LogP contribution >= 0.6 is 27.3 Å². The molecular formula is C13H13BrN2O2S. The molecule has 0 fully saturated rings. The Labute approximate surface area is 123 Å². The normalized spacial score (nSPS) is 12.3. The van der Waals surface area contributed by atoms with Gasteiger partial charge in [-0.25, -0.2) is 0 Å². The lowest BCUT2D eigenvalue weighted by Crippen LogP contribution is -2.18. The van der Waals surface area contributed by atoms with Crippen LogP contribution < -0.4 is 5.32 Å². The SMILES string of the molecule is CNC(Cc1ccccc1[N+](=O)[O-])c1sccc1Br. The van der Waals surface area contributed by atoms with Crippen LogP contribution in [0.15, 0.2) is 40.2 Å². The quantitative estimate of drug-likeness (QED) is 0.662. The molecule has 2 rings (SSSR count). The van der Waals surface area contributed by atoms with Gasteiger partial charge in [0.2, 0.25) is 0 Å². The van der Waals surface area contributed by atoms with Crippen molar-refractivity contribution >= 4 is 33.0 Å². The van der Waals surface area contributed by atoms with Crippen LogP contribution in [0, 0.1) is 10.1 Å². The van der Waals surface area contributed by atoms with Gasteiger partial charge >= 0.3 is 0 Å². The summed E-state index contributed by atoms with van der Waals surface area (Å²) in [5.41, 5.74) is 0.919. The molecule has 0 aliphatic rings. The Morgan fingerprint density at radius 2 is 2.16 bits per heavy atom. The first-order chi connectivity index (χ1) is 9.13. The number of likely N-dealkylation sites (N-methyl/N-ethyl adjacent to an activating group) is 1. The van der Waals surface area contributed by atoms with Crippen LogP contribution in [-0.4, -0.2) is 12.0 Å². The summed E-state index contributed by atoms with van der Waals surface area (Å²) < 4.78 is 1.04. The summed E-state index contributed by atoms with van der Waals surface area (Å²) in [4.78, 5) is 11.8. The lowest BCUT2D eigenvalue weighted by Gasteiger charge is -2.15. The first kappa shape index (κ1) is 14.2. The van der Waals surface area contributed by atoms with E-state index < -0.39 is 0 Å². The van der Waals surface area contributed by atoms with Gasteiger partial charge in [-0.2, -0.15) is 0 Å². The highest BCUT2D eigenvalue weighted by Crippen LogP contribution is 2.32. The molecule has 1 atom stereocenters. The average Bonchev–Trinajstić information content (AvgIpc) is 2.82. The molecule has 1 N–H and O–H groups in total. The number of hydrogen-bond donors (Lipinski definition) is 1. The highest BCUT2D eigenvalue weighted by molar-refractivity contribution is 9.10. The molecular weight excluding hydrogens is 328 g/mol. The molecule has 6 heteroatoms. The van der Waals surface area contributed by atoms with Gasteiger partial charge in [-0.15, -0.1) is 11.3 Å². The Kier molecular flexibility index (Phi) is 4.68. The summed E-state index contributed by atoms with van der Waals surface area (Å²) in [6.07, 6.45) is 0.590.